The molecule has 2 rings (SSSR count). The molecule has 0 radical (unpaired) electrons. The monoisotopic (exact) mass is 453 g/mol. The minimum absolute atomic E-state index is 0.0529. The Bertz CT molecular complexity index is 771. The van der Waals surface area contributed by atoms with Gasteiger partial charge in [-0.15, -0.1) is 0 Å². The van der Waals surface area contributed by atoms with E-state index in [1.807, 2.05) is 41.3 Å². The van der Waals surface area contributed by atoms with Crippen LogP contribution in [0.3, 0.4) is 0 Å². The highest BCUT2D eigenvalue weighted by molar-refractivity contribution is 5.53. The predicted octanol–water partition coefficient (Wildman–Crippen LogP) is 7.36. The van der Waals surface area contributed by atoms with E-state index in [4.69, 9.17) is 0 Å². The number of aliphatic hydroxyl groups excluding tert-OH is 2. The Hall–Kier alpha value is -2.24. The minimum Gasteiger partial charge on any atom is -0.395 e. The number of aryl methyl sites for hydroxylation is 1. The summed E-state index contributed by atoms with van der Waals surface area (Å²) in [5, 5.41) is 27.4. The molecule has 33 heavy (non-hydrogen) atoms. The van der Waals surface area contributed by atoms with Crippen LogP contribution in [0.5, 0.6) is 0 Å². The molecule has 2 N–H and O–H groups in total. The molecule has 5 heteroatoms. The van der Waals surface area contributed by atoms with Crippen LogP contribution in [0.15, 0.2) is 58.8 Å². The third-order valence-electron chi connectivity index (χ3n) is 6.02. The number of unbranched alkanes of at least 4 members (excludes halogenated alkanes) is 9. The largest absolute Gasteiger partial charge is 0.395 e. The second kappa shape index (κ2) is 17.3. The summed E-state index contributed by atoms with van der Waals surface area (Å²) in [4.78, 5) is 1.95. The maximum absolute atomic E-state index is 9.21. The summed E-state index contributed by atoms with van der Waals surface area (Å²) in [6.07, 6.45) is 14.5. The van der Waals surface area contributed by atoms with Crippen LogP contribution in [0.25, 0.3) is 0 Å². The topological polar surface area (TPSA) is 68.4 Å². The zero-order valence-corrected chi connectivity index (χ0v) is 20.5. The lowest BCUT2D eigenvalue weighted by Gasteiger charge is -2.22. The zero-order chi connectivity index (χ0) is 23.6. The molecule has 0 saturated carbocycles. The highest BCUT2D eigenvalue weighted by atomic mass is 16.3. The molecule has 182 valence electrons. The van der Waals surface area contributed by atoms with Crippen molar-refractivity contribution >= 4 is 17.1 Å². The molecule has 0 saturated heterocycles. The Morgan fingerprint density at radius 1 is 0.667 bits per heavy atom. The molecule has 0 amide bonds. The average Bonchev–Trinajstić information content (AvgIpc) is 2.85. The molecule has 0 fully saturated rings. The Labute approximate surface area is 200 Å². The smallest absolute Gasteiger partial charge is 0.0889 e. The van der Waals surface area contributed by atoms with E-state index in [-0.39, 0.29) is 13.2 Å². The van der Waals surface area contributed by atoms with Crippen LogP contribution in [0.2, 0.25) is 0 Å². The van der Waals surface area contributed by atoms with Crippen molar-refractivity contribution in [3.05, 3.63) is 54.1 Å². The fourth-order valence-electron chi connectivity index (χ4n) is 4.08. The number of aliphatic hydroxyl groups is 2. The lowest BCUT2D eigenvalue weighted by Crippen LogP contribution is -2.29. The molecule has 5 nitrogen and oxygen atoms in total. The van der Waals surface area contributed by atoms with Crippen LogP contribution in [-0.4, -0.2) is 36.5 Å². The summed E-state index contributed by atoms with van der Waals surface area (Å²) in [7, 11) is 0. The summed E-state index contributed by atoms with van der Waals surface area (Å²) in [6, 6.07) is 16.0. The van der Waals surface area contributed by atoms with E-state index in [0.717, 1.165) is 23.5 Å². The van der Waals surface area contributed by atoms with Crippen LogP contribution in [-0.2, 0) is 6.42 Å². The van der Waals surface area contributed by atoms with Gasteiger partial charge >= 0.3 is 0 Å². The van der Waals surface area contributed by atoms with Crippen molar-refractivity contribution in [3.63, 3.8) is 0 Å². The molecule has 0 spiro atoms. The first-order chi connectivity index (χ1) is 16.3. The standard InChI is InChI=1S/C28H43N3O2/c1-2-3-4-5-6-7-8-9-10-11-14-25-15-12-13-16-28(25)30-29-26-17-19-27(20-18-26)31(21-23-32)22-24-33/h12-13,15-20,32-33H,2-11,14,21-24H2,1H3. The Morgan fingerprint density at radius 3 is 1.85 bits per heavy atom. The van der Waals surface area contributed by atoms with E-state index < -0.39 is 0 Å². The second-order valence-corrected chi connectivity index (χ2v) is 8.71. The average molecular weight is 454 g/mol. The number of benzene rings is 2. The highest BCUT2D eigenvalue weighted by Gasteiger charge is 2.05. The van der Waals surface area contributed by atoms with Gasteiger partial charge in [0.2, 0.25) is 0 Å². The van der Waals surface area contributed by atoms with E-state index in [2.05, 4.69) is 29.3 Å². The Morgan fingerprint density at radius 2 is 1.24 bits per heavy atom. The molecular formula is C28H43N3O2. The highest BCUT2D eigenvalue weighted by Crippen LogP contribution is 2.25. The van der Waals surface area contributed by atoms with E-state index >= 15 is 0 Å². The van der Waals surface area contributed by atoms with Crippen molar-refractivity contribution in [2.45, 2.75) is 77.6 Å². The van der Waals surface area contributed by atoms with E-state index in [0.29, 0.717) is 13.1 Å². The summed E-state index contributed by atoms with van der Waals surface area (Å²) < 4.78 is 0. The summed E-state index contributed by atoms with van der Waals surface area (Å²) in [6.45, 7) is 3.36. The molecule has 0 aliphatic rings. The van der Waals surface area contributed by atoms with Gasteiger partial charge in [-0.1, -0.05) is 82.9 Å². The molecule has 2 aromatic rings. The maximum atomic E-state index is 9.21. The number of rotatable bonds is 18. The van der Waals surface area contributed by atoms with Crippen molar-refractivity contribution in [1.29, 1.82) is 0 Å². The lowest BCUT2D eigenvalue weighted by atomic mass is 10.0. The van der Waals surface area contributed by atoms with Gasteiger partial charge in [0.25, 0.3) is 0 Å². The van der Waals surface area contributed by atoms with Crippen molar-refractivity contribution in [1.82, 2.24) is 0 Å². The molecule has 0 aromatic heterocycles. The van der Waals surface area contributed by atoms with Gasteiger partial charge in [0.1, 0.15) is 0 Å². The van der Waals surface area contributed by atoms with Crippen LogP contribution in [0.1, 0.15) is 76.7 Å². The van der Waals surface area contributed by atoms with E-state index in [1.165, 1.54) is 69.8 Å². The lowest BCUT2D eigenvalue weighted by molar-refractivity contribution is 0.281. The first kappa shape index (κ1) is 27.0. The van der Waals surface area contributed by atoms with Crippen molar-refractivity contribution in [3.8, 4) is 0 Å². The van der Waals surface area contributed by atoms with Gasteiger partial charge in [-0.25, -0.2) is 0 Å². The molecule has 0 unspecified atom stereocenters. The molecule has 2 aromatic carbocycles. The molecule has 0 atom stereocenters. The number of hydrogen-bond donors (Lipinski definition) is 2. The van der Waals surface area contributed by atoms with Gasteiger partial charge in [0, 0.05) is 18.8 Å². The van der Waals surface area contributed by atoms with Gasteiger partial charge in [-0.05, 0) is 48.7 Å². The van der Waals surface area contributed by atoms with Crippen molar-refractivity contribution in [2.24, 2.45) is 10.2 Å². The second-order valence-electron chi connectivity index (χ2n) is 8.71. The zero-order valence-electron chi connectivity index (χ0n) is 20.5. The molecule has 0 aliphatic heterocycles. The number of hydrogen-bond acceptors (Lipinski definition) is 5. The number of anilines is 1. The quantitative estimate of drug-likeness (QED) is 0.183. The van der Waals surface area contributed by atoms with Gasteiger partial charge in [0.05, 0.1) is 24.6 Å². The van der Waals surface area contributed by atoms with Crippen molar-refractivity contribution < 1.29 is 10.2 Å². The fraction of sp³-hybridized carbons (Fsp3) is 0.571. The van der Waals surface area contributed by atoms with Gasteiger partial charge in [-0.3, -0.25) is 0 Å². The molecular weight excluding hydrogens is 410 g/mol. The summed E-state index contributed by atoms with van der Waals surface area (Å²) in [5.74, 6) is 0. The van der Waals surface area contributed by atoms with Gasteiger partial charge < -0.3 is 15.1 Å². The number of azo groups is 1. The van der Waals surface area contributed by atoms with Gasteiger partial charge in [0.15, 0.2) is 0 Å². The van der Waals surface area contributed by atoms with Crippen LogP contribution >= 0.6 is 0 Å². The third kappa shape index (κ3) is 11.0. The first-order valence-electron chi connectivity index (χ1n) is 12.8. The molecule has 0 heterocycles. The Kier molecular flexibility index (Phi) is 14.1. The summed E-state index contributed by atoms with van der Waals surface area (Å²) in [5.41, 5.74) is 3.95. The fourth-order valence-corrected chi connectivity index (χ4v) is 4.08. The Balaban J connectivity index is 1.79. The van der Waals surface area contributed by atoms with E-state index in [9.17, 15) is 10.2 Å². The molecule has 0 aliphatic carbocycles. The SMILES string of the molecule is CCCCCCCCCCCCc1ccccc1N=Nc1ccc(N(CCO)CCO)cc1. The van der Waals surface area contributed by atoms with Crippen LogP contribution in [0, 0.1) is 0 Å². The number of nitrogens with zero attached hydrogens (tertiary/aromatic N) is 3. The normalized spacial score (nSPS) is 11.4. The minimum atomic E-state index is 0.0529. The van der Waals surface area contributed by atoms with Crippen molar-refractivity contribution in [2.75, 3.05) is 31.2 Å². The maximum Gasteiger partial charge on any atom is 0.0889 e. The molecule has 0 bridgehead atoms. The summed E-state index contributed by atoms with van der Waals surface area (Å²) >= 11 is 0. The van der Waals surface area contributed by atoms with Crippen LogP contribution < -0.4 is 4.90 Å². The first-order valence-corrected chi connectivity index (χ1v) is 12.8. The van der Waals surface area contributed by atoms with E-state index in [1.54, 1.807) is 0 Å². The van der Waals surface area contributed by atoms with Crippen LogP contribution in [0.4, 0.5) is 17.1 Å². The third-order valence-corrected chi connectivity index (χ3v) is 6.02. The van der Waals surface area contributed by atoms with Gasteiger partial charge in [-0.2, -0.15) is 10.2 Å². The predicted molar refractivity (Wildman–Crippen MR) is 139 cm³/mol.